The molecule has 2 aliphatic rings. The third-order valence-corrected chi connectivity index (χ3v) is 3.11. The van der Waals surface area contributed by atoms with Crippen LogP contribution in [0.15, 0.2) is 24.8 Å². The lowest BCUT2D eigenvalue weighted by Gasteiger charge is -2.14. The summed E-state index contributed by atoms with van der Waals surface area (Å²) >= 11 is 0. The normalized spacial score (nSPS) is 13.2. The summed E-state index contributed by atoms with van der Waals surface area (Å²) in [6.45, 7) is 1.36. The zero-order valence-electron chi connectivity index (χ0n) is 12.5. The number of carbonyl (C=O) groups excluding carboxylic acids is 2. The summed E-state index contributed by atoms with van der Waals surface area (Å²) in [6, 6.07) is 0. The lowest BCUT2D eigenvalue weighted by molar-refractivity contribution is 0.111. The highest BCUT2D eigenvalue weighted by Gasteiger charge is 2.51. The molecule has 2 aliphatic heterocycles. The van der Waals surface area contributed by atoms with Crippen molar-refractivity contribution in [2.24, 2.45) is 0 Å². The Morgan fingerprint density at radius 2 is 1.27 bits per heavy atom. The van der Waals surface area contributed by atoms with Crippen molar-refractivity contribution in [2.45, 2.75) is 14.9 Å². The molecule has 0 aromatic carbocycles. The lowest BCUT2D eigenvalue weighted by Crippen LogP contribution is -2.38. The van der Waals surface area contributed by atoms with Gasteiger partial charge in [-0.2, -0.15) is 0 Å². The lowest BCUT2D eigenvalue weighted by atomic mass is 9.77. The van der Waals surface area contributed by atoms with Gasteiger partial charge in [-0.25, -0.2) is 19.9 Å². The van der Waals surface area contributed by atoms with Gasteiger partial charge in [0, 0.05) is 24.8 Å². The maximum absolute atomic E-state index is 10.4. The van der Waals surface area contributed by atoms with Gasteiger partial charge in [-0.05, 0) is 0 Å². The van der Waals surface area contributed by atoms with Crippen molar-refractivity contribution in [1.29, 1.82) is 0 Å². The molecule has 0 bridgehead atoms. The predicted octanol–water partition coefficient (Wildman–Crippen LogP) is 0.354. The molecular weight excluding hydrogens is 338 g/mol. The third kappa shape index (κ3) is 5.60. The smallest absolute Gasteiger partial charge is 0.418 e. The Morgan fingerprint density at radius 3 is 1.62 bits per heavy atom. The molecule has 26 heavy (non-hydrogen) atoms. The molecule has 0 atom stereocenters. The third-order valence-electron chi connectivity index (χ3n) is 3.11. The molecule has 10 nitrogen and oxygen atoms in total. The summed E-state index contributed by atoms with van der Waals surface area (Å²) in [5, 5.41) is 0. The molecule has 12 heteroatoms. The van der Waals surface area contributed by atoms with E-state index >= 15 is 0 Å². The second-order valence-electron chi connectivity index (χ2n) is 4.91. The number of nitrogens with zero attached hydrogens (tertiary/aromatic N) is 5. The van der Waals surface area contributed by atoms with E-state index in [1.54, 1.807) is 0 Å². The monoisotopic (exact) mass is 358 g/mol. The Hall–Kier alpha value is -2.85. The molecule has 0 unspecified atom stereocenters. The van der Waals surface area contributed by atoms with Crippen molar-refractivity contribution >= 4 is 38.6 Å². The number of hydrogen-bond donors (Lipinski definition) is 1. The van der Waals surface area contributed by atoms with Crippen LogP contribution in [0.5, 0.6) is 0 Å². The van der Waals surface area contributed by atoms with Gasteiger partial charge in [-0.15, -0.1) is 0 Å². The van der Waals surface area contributed by atoms with Gasteiger partial charge in [0.1, 0.15) is 0 Å². The van der Waals surface area contributed by atoms with Gasteiger partial charge in [-0.1, -0.05) is 14.9 Å². The number of rotatable bonds is 5. The van der Waals surface area contributed by atoms with Crippen LogP contribution in [0.3, 0.4) is 0 Å². The quantitative estimate of drug-likeness (QED) is 0.452. The highest BCUT2D eigenvalue weighted by molar-refractivity contribution is 6.84. The van der Waals surface area contributed by atoms with Crippen LogP contribution in [-0.4, -0.2) is 59.6 Å². The van der Waals surface area contributed by atoms with Crippen LogP contribution < -0.4 is 10.5 Å². The molecule has 0 saturated carbocycles. The van der Waals surface area contributed by atoms with Crippen LogP contribution in [0, 0.1) is 0 Å². The molecule has 0 amide bonds. The predicted molar refractivity (Wildman–Crippen MR) is 98.6 cm³/mol. The minimum atomic E-state index is 0. The molecule has 4 rings (SSSR count). The van der Waals surface area contributed by atoms with Crippen molar-refractivity contribution < 1.29 is 18.9 Å². The maximum Gasteiger partial charge on any atom is 0.432 e. The first-order valence-electron chi connectivity index (χ1n) is 7.02. The van der Waals surface area contributed by atoms with Crippen LogP contribution >= 0.6 is 0 Å². The number of nitrogen functional groups attached to an aromatic ring is 1. The Kier molecular flexibility index (Phi) is 7.81. The van der Waals surface area contributed by atoms with E-state index in [0.29, 0.717) is 36.4 Å². The molecule has 2 saturated heterocycles. The SMILES string of the molecule is C.C.Nc1ncc(C=O)cn1.O=Cc1cnc(N(B2CO2)B2CO2)nc1. The van der Waals surface area contributed by atoms with Gasteiger partial charge < -0.3 is 19.8 Å². The van der Waals surface area contributed by atoms with Crippen LogP contribution in [-0.2, 0) is 9.31 Å². The summed E-state index contributed by atoms with van der Waals surface area (Å²) in [6.07, 6.45) is 7.11. The van der Waals surface area contributed by atoms with Gasteiger partial charge in [0.25, 0.3) is 0 Å². The number of carbonyl (C=O) groups is 2. The molecule has 2 fully saturated rings. The van der Waals surface area contributed by atoms with Gasteiger partial charge in [0.05, 0.1) is 24.1 Å². The second-order valence-corrected chi connectivity index (χ2v) is 4.91. The van der Waals surface area contributed by atoms with E-state index in [2.05, 4.69) is 19.9 Å². The van der Waals surface area contributed by atoms with E-state index in [-0.39, 0.29) is 34.9 Å². The maximum atomic E-state index is 10.4. The summed E-state index contributed by atoms with van der Waals surface area (Å²) < 4.78 is 12.2. The zero-order valence-corrected chi connectivity index (χ0v) is 12.5. The first-order chi connectivity index (χ1) is 11.7. The number of hydrogen-bond acceptors (Lipinski definition) is 10. The van der Waals surface area contributed by atoms with Crippen LogP contribution in [0.25, 0.3) is 0 Å². The fourth-order valence-corrected chi connectivity index (χ4v) is 1.78. The highest BCUT2D eigenvalue weighted by atomic mass is 16.5. The average molecular weight is 358 g/mol. The average Bonchev–Trinajstić information content (AvgIpc) is 3.52. The fraction of sp³-hybridized carbons (Fsp3) is 0.286. The second kappa shape index (κ2) is 9.59. The molecule has 2 aromatic heterocycles. The summed E-state index contributed by atoms with van der Waals surface area (Å²) in [5.74, 6) is 0.728. The standard InChI is InChI=1S/C7H7B2N3O3.C5H5N3O.2CH4/c13-3-6-1-10-7(11-2-6)12(8-4-14-8)9-5-15-9;6-5-7-1-4(3-9)2-8-5;;/h1-3H,4-5H2;1-3H,(H2,6,7,8);2*1H4. The zero-order chi connectivity index (χ0) is 16.9. The molecule has 0 radical (unpaired) electrons. The highest BCUT2D eigenvalue weighted by Crippen LogP contribution is 2.23. The van der Waals surface area contributed by atoms with E-state index in [4.69, 9.17) is 15.0 Å². The largest absolute Gasteiger partial charge is 0.432 e. The summed E-state index contributed by atoms with van der Waals surface area (Å²) in [7, 11) is 0.0548. The minimum absolute atomic E-state index is 0. The fourth-order valence-electron chi connectivity index (χ4n) is 1.78. The number of aromatic nitrogens is 4. The number of anilines is 2. The topological polar surface area (TPSA) is 140 Å². The van der Waals surface area contributed by atoms with Crippen molar-refractivity contribution in [3.63, 3.8) is 0 Å². The number of aldehydes is 2. The molecular formula is C14H20B2N6O4. The molecule has 0 aliphatic carbocycles. The van der Waals surface area contributed by atoms with E-state index in [0.717, 1.165) is 6.29 Å². The first-order valence-corrected chi connectivity index (χ1v) is 7.02. The molecule has 4 heterocycles. The van der Waals surface area contributed by atoms with Gasteiger partial charge >= 0.3 is 14.1 Å². The van der Waals surface area contributed by atoms with Crippen molar-refractivity contribution in [3.8, 4) is 0 Å². The van der Waals surface area contributed by atoms with Crippen molar-refractivity contribution in [3.05, 3.63) is 35.9 Å². The molecule has 0 spiro atoms. The van der Waals surface area contributed by atoms with Crippen molar-refractivity contribution in [2.75, 3.05) is 23.5 Å². The minimum Gasteiger partial charge on any atom is -0.418 e. The Labute approximate surface area is 152 Å². The van der Waals surface area contributed by atoms with Crippen molar-refractivity contribution in [1.82, 2.24) is 19.9 Å². The van der Waals surface area contributed by atoms with Gasteiger partial charge in [0.2, 0.25) is 11.9 Å². The van der Waals surface area contributed by atoms with E-state index < -0.39 is 0 Å². The van der Waals surface area contributed by atoms with Crippen LogP contribution in [0.2, 0.25) is 0 Å². The number of nitrogens with two attached hydrogens (primary N) is 1. The van der Waals surface area contributed by atoms with Gasteiger partial charge in [0.15, 0.2) is 12.6 Å². The van der Waals surface area contributed by atoms with E-state index in [1.807, 2.05) is 4.72 Å². The molecule has 2 aromatic rings. The Morgan fingerprint density at radius 1 is 0.885 bits per heavy atom. The summed E-state index contributed by atoms with van der Waals surface area (Å²) in [5.41, 5.74) is 6.04. The van der Waals surface area contributed by atoms with Crippen LogP contribution in [0.4, 0.5) is 11.9 Å². The van der Waals surface area contributed by atoms with Crippen LogP contribution in [0.1, 0.15) is 35.6 Å². The first kappa shape index (κ1) is 21.2. The van der Waals surface area contributed by atoms with E-state index in [9.17, 15) is 9.59 Å². The van der Waals surface area contributed by atoms with E-state index in [1.165, 1.54) is 24.8 Å². The Balaban J connectivity index is 0.000000270. The summed E-state index contributed by atoms with van der Waals surface area (Å²) in [4.78, 5) is 35.8. The molecule has 2 N–H and O–H groups in total. The van der Waals surface area contributed by atoms with Gasteiger partial charge in [-0.3, -0.25) is 9.59 Å². The molecule has 136 valence electrons. The Bertz CT molecular complexity index is 698.